The SMILES string of the molecule is O=C(NCCn1ccnc1C1CC1)Nc1cccs1. The molecule has 0 saturated heterocycles. The van der Waals surface area contributed by atoms with Crippen LogP contribution in [0.2, 0.25) is 0 Å². The van der Waals surface area contributed by atoms with Gasteiger partial charge in [-0.1, -0.05) is 0 Å². The van der Waals surface area contributed by atoms with E-state index in [2.05, 4.69) is 20.2 Å². The molecule has 1 aliphatic carbocycles. The standard InChI is InChI=1S/C13H16N4OS/c18-13(16-11-2-1-9-19-11)15-6-8-17-7-5-14-12(17)10-3-4-10/h1-2,5,7,9-10H,3-4,6,8H2,(H2,15,16,18). The first-order valence-corrected chi connectivity index (χ1v) is 7.30. The highest BCUT2D eigenvalue weighted by Gasteiger charge is 2.27. The number of imidazole rings is 1. The van der Waals surface area contributed by atoms with Crippen molar-refractivity contribution in [2.24, 2.45) is 0 Å². The molecule has 0 aliphatic heterocycles. The third kappa shape index (κ3) is 3.14. The molecule has 2 aromatic heterocycles. The molecule has 1 fully saturated rings. The highest BCUT2D eigenvalue weighted by Crippen LogP contribution is 2.38. The smallest absolute Gasteiger partial charge is 0.319 e. The minimum atomic E-state index is -0.157. The Kier molecular flexibility index (Phi) is 3.50. The highest BCUT2D eigenvalue weighted by molar-refractivity contribution is 7.14. The van der Waals surface area contributed by atoms with Gasteiger partial charge in [0.2, 0.25) is 0 Å². The summed E-state index contributed by atoms with van der Waals surface area (Å²) in [5, 5.41) is 8.44. The van der Waals surface area contributed by atoms with E-state index >= 15 is 0 Å². The van der Waals surface area contributed by atoms with E-state index in [0.717, 1.165) is 17.4 Å². The minimum absolute atomic E-state index is 0.157. The molecule has 100 valence electrons. The molecule has 0 bridgehead atoms. The van der Waals surface area contributed by atoms with Crippen molar-refractivity contribution in [2.75, 3.05) is 11.9 Å². The number of urea groups is 1. The quantitative estimate of drug-likeness (QED) is 0.882. The fourth-order valence-electron chi connectivity index (χ4n) is 2.01. The van der Waals surface area contributed by atoms with Gasteiger partial charge in [0.05, 0.1) is 5.00 Å². The van der Waals surface area contributed by atoms with Crippen molar-refractivity contribution in [1.82, 2.24) is 14.9 Å². The number of amides is 2. The van der Waals surface area contributed by atoms with Gasteiger partial charge in [-0.15, -0.1) is 11.3 Å². The van der Waals surface area contributed by atoms with E-state index in [-0.39, 0.29) is 6.03 Å². The zero-order chi connectivity index (χ0) is 13.1. The van der Waals surface area contributed by atoms with Crippen molar-refractivity contribution in [3.8, 4) is 0 Å². The first-order chi connectivity index (χ1) is 9.33. The molecule has 6 heteroatoms. The monoisotopic (exact) mass is 276 g/mol. The van der Waals surface area contributed by atoms with Crippen LogP contribution in [0.25, 0.3) is 0 Å². The van der Waals surface area contributed by atoms with Crippen LogP contribution in [0, 0.1) is 0 Å². The Hall–Kier alpha value is -1.82. The van der Waals surface area contributed by atoms with Crippen molar-refractivity contribution < 1.29 is 4.79 Å². The molecule has 5 nitrogen and oxygen atoms in total. The summed E-state index contributed by atoms with van der Waals surface area (Å²) in [6.07, 6.45) is 6.29. The molecule has 0 atom stereocenters. The molecule has 2 aromatic rings. The lowest BCUT2D eigenvalue weighted by Gasteiger charge is -2.09. The zero-order valence-corrected chi connectivity index (χ0v) is 11.3. The number of nitrogens with one attached hydrogen (secondary N) is 2. The van der Waals surface area contributed by atoms with E-state index in [9.17, 15) is 4.79 Å². The second-order valence-electron chi connectivity index (χ2n) is 4.61. The fraction of sp³-hybridized carbons (Fsp3) is 0.385. The van der Waals surface area contributed by atoms with Crippen LogP contribution in [-0.2, 0) is 6.54 Å². The second-order valence-corrected chi connectivity index (χ2v) is 5.56. The molecule has 1 aliphatic rings. The molecule has 1 saturated carbocycles. The topological polar surface area (TPSA) is 59.0 Å². The van der Waals surface area contributed by atoms with Crippen LogP contribution in [0.3, 0.4) is 0 Å². The summed E-state index contributed by atoms with van der Waals surface area (Å²) < 4.78 is 2.13. The summed E-state index contributed by atoms with van der Waals surface area (Å²) in [4.78, 5) is 16.0. The maximum absolute atomic E-state index is 11.6. The molecule has 3 rings (SSSR count). The molecular formula is C13H16N4OS. The van der Waals surface area contributed by atoms with Crippen LogP contribution in [0.15, 0.2) is 29.9 Å². The van der Waals surface area contributed by atoms with Gasteiger partial charge in [-0.05, 0) is 30.4 Å². The highest BCUT2D eigenvalue weighted by atomic mass is 32.1. The summed E-state index contributed by atoms with van der Waals surface area (Å²) in [5.74, 6) is 1.79. The number of aromatic nitrogens is 2. The number of rotatable bonds is 5. The number of carbonyl (C=O) groups is 1. The van der Waals surface area contributed by atoms with Gasteiger partial charge in [0.25, 0.3) is 0 Å². The van der Waals surface area contributed by atoms with Crippen LogP contribution < -0.4 is 10.6 Å². The molecular weight excluding hydrogens is 260 g/mol. The van der Waals surface area contributed by atoms with Crippen LogP contribution in [0.1, 0.15) is 24.6 Å². The average molecular weight is 276 g/mol. The second kappa shape index (κ2) is 5.44. The Bertz CT molecular complexity index is 545. The van der Waals surface area contributed by atoms with E-state index in [1.165, 1.54) is 24.2 Å². The maximum Gasteiger partial charge on any atom is 0.319 e. The first-order valence-electron chi connectivity index (χ1n) is 6.42. The van der Waals surface area contributed by atoms with Crippen molar-refractivity contribution in [1.29, 1.82) is 0 Å². The average Bonchev–Trinajstić information content (AvgIpc) is 2.92. The normalized spacial score (nSPS) is 14.3. The molecule has 0 spiro atoms. The number of carbonyl (C=O) groups excluding carboxylic acids is 1. The van der Waals surface area contributed by atoms with Crippen LogP contribution >= 0.6 is 11.3 Å². The molecule has 0 aromatic carbocycles. The predicted octanol–water partition coefficient (Wildman–Crippen LogP) is 2.64. The van der Waals surface area contributed by atoms with Crippen molar-refractivity contribution in [2.45, 2.75) is 25.3 Å². The van der Waals surface area contributed by atoms with Gasteiger partial charge in [-0.25, -0.2) is 9.78 Å². The van der Waals surface area contributed by atoms with Gasteiger partial charge in [-0.2, -0.15) is 0 Å². The van der Waals surface area contributed by atoms with Gasteiger partial charge in [0.15, 0.2) is 0 Å². The van der Waals surface area contributed by atoms with Gasteiger partial charge >= 0.3 is 6.03 Å². The van der Waals surface area contributed by atoms with Gasteiger partial charge in [0, 0.05) is 31.4 Å². The van der Waals surface area contributed by atoms with Crippen molar-refractivity contribution >= 4 is 22.4 Å². The molecule has 0 radical (unpaired) electrons. The maximum atomic E-state index is 11.6. The molecule has 2 heterocycles. The zero-order valence-electron chi connectivity index (χ0n) is 10.5. The number of hydrogen-bond acceptors (Lipinski definition) is 3. The summed E-state index contributed by atoms with van der Waals surface area (Å²) in [6, 6.07) is 3.63. The van der Waals surface area contributed by atoms with E-state index < -0.39 is 0 Å². The fourth-order valence-corrected chi connectivity index (χ4v) is 2.62. The van der Waals surface area contributed by atoms with E-state index in [0.29, 0.717) is 12.5 Å². The Morgan fingerprint density at radius 3 is 3.16 bits per heavy atom. The van der Waals surface area contributed by atoms with Crippen LogP contribution in [-0.4, -0.2) is 22.1 Å². The lowest BCUT2D eigenvalue weighted by Crippen LogP contribution is -2.31. The summed E-state index contributed by atoms with van der Waals surface area (Å²) >= 11 is 1.51. The molecule has 19 heavy (non-hydrogen) atoms. The predicted molar refractivity (Wildman–Crippen MR) is 75.5 cm³/mol. The lowest BCUT2D eigenvalue weighted by atomic mass is 10.4. The largest absolute Gasteiger partial charge is 0.336 e. The van der Waals surface area contributed by atoms with Crippen molar-refractivity contribution in [3.05, 3.63) is 35.7 Å². The Labute approximate surface area is 115 Å². The lowest BCUT2D eigenvalue weighted by molar-refractivity contribution is 0.251. The third-order valence-electron chi connectivity index (χ3n) is 3.09. The van der Waals surface area contributed by atoms with Gasteiger partial charge in [-0.3, -0.25) is 5.32 Å². The molecule has 2 N–H and O–H groups in total. The third-order valence-corrected chi connectivity index (χ3v) is 3.87. The van der Waals surface area contributed by atoms with Crippen molar-refractivity contribution in [3.63, 3.8) is 0 Å². The van der Waals surface area contributed by atoms with E-state index in [4.69, 9.17) is 0 Å². The van der Waals surface area contributed by atoms with Crippen LogP contribution in [0.5, 0.6) is 0 Å². The summed E-state index contributed by atoms with van der Waals surface area (Å²) in [6.45, 7) is 1.37. The van der Waals surface area contributed by atoms with Gasteiger partial charge in [0.1, 0.15) is 5.82 Å². The Morgan fingerprint density at radius 1 is 1.53 bits per heavy atom. The number of hydrogen-bond donors (Lipinski definition) is 2. The Balaban J connectivity index is 1.45. The molecule has 0 unspecified atom stereocenters. The van der Waals surface area contributed by atoms with E-state index in [1.807, 2.05) is 29.9 Å². The minimum Gasteiger partial charge on any atom is -0.336 e. The summed E-state index contributed by atoms with van der Waals surface area (Å²) in [5.41, 5.74) is 0. The number of thiophene rings is 1. The number of nitrogens with zero attached hydrogens (tertiary/aromatic N) is 2. The summed E-state index contributed by atoms with van der Waals surface area (Å²) in [7, 11) is 0. The molecule has 2 amide bonds. The van der Waals surface area contributed by atoms with Gasteiger partial charge < -0.3 is 9.88 Å². The Morgan fingerprint density at radius 2 is 2.42 bits per heavy atom. The van der Waals surface area contributed by atoms with E-state index in [1.54, 1.807) is 0 Å². The number of anilines is 1. The van der Waals surface area contributed by atoms with Crippen LogP contribution in [0.4, 0.5) is 9.80 Å². The first kappa shape index (κ1) is 12.2.